The Balaban J connectivity index is 2.13. The summed E-state index contributed by atoms with van der Waals surface area (Å²) in [6.07, 6.45) is 1.50. The molecule has 8 nitrogen and oxygen atoms in total. The van der Waals surface area contributed by atoms with Crippen LogP contribution in [-0.4, -0.2) is 39.0 Å². The summed E-state index contributed by atoms with van der Waals surface area (Å²) >= 11 is 12.0. The van der Waals surface area contributed by atoms with Gasteiger partial charge in [-0.25, -0.2) is 14.8 Å². The first kappa shape index (κ1) is 20.9. The molecule has 0 aliphatic carbocycles. The Bertz CT molecular complexity index is 1150. The number of nitrogens with zero attached hydrogens (tertiary/aromatic N) is 4. The van der Waals surface area contributed by atoms with Gasteiger partial charge in [-0.15, -0.1) is 0 Å². The molecule has 1 unspecified atom stereocenters. The fourth-order valence-corrected chi connectivity index (χ4v) is 3.25. The second-order valence-electron chi connectivity index (χ2n) is 6.48. The molecular weight excluding hydrogens is 417 g/mol. The maximum absolute atomic E-state index is 12.6. The molecule has 0 radical (unpaired) electrons. The van der Waals surface area contributed by atoms with E-state index in [0.29, 0.717) is 28.6 Å². The molecule has 10 heteroatoms. The number of anilines is 2. The van der Waals surface area contributed by atoms with Crippen molar-refractivity contribution in [2.24, 2.45) is 0 Å². The number of rotatable bonds is 6. The number of halogens is 2. The first-order valence-corrected chi connectivity index (χ1v) is 9.57. The van der Waals surface area contributed by atoms with Crippen molar-refractivity contribution in [3.63, 3.8) is 0 Å². The van der Waals surface area contributed by atoms with Crippen molar-refractivity contribution in [3.8, 4) is 0 Å². The number of aromatic carboxylic acids is 1. The van der Waals surface area contributed by atoms with Gasteiger partial charge in [0, 0.05) is 31.4 Å². The average Bonchev–Trinajstić information content (AvgIpc) is 2.68. The van der Waals surface area contributed by atoms with E-state index < -0.39 is 12.0 Å². The third-order valence-electron chi connectivity index (χ3n) is 4.51. The standard InChI is InChI=1S/C19H19Cl2N5O3/c1-4-25(3)15-8-16(27)26-9-11(20)7-12(18(26)24-15)10(2)22-13-5-6-14(21)23-17(13)19(28)29/h5-10,22H,4H2,1-3H3,(H,28,29). The molecule has 152 valence electrons. The fraction of sp³-hybridized carbons (Fsp3) is 0.263. The highest BCUT2D eigenvalue weighted by atomic mass is 35.5. The molecule has 2 N–H and O–H groups in total. The Hall–Kier alpha value is -2.84. The zero-order valence-corrected chi connectivity index (χ0v) is 17.5. The number of nitrogens with one attached hydrogen (secondary N) is 1. The minimum atomic E-state index is -1.21. The third kappa shape index (κ3) is 4.28. The Kier molecular flexibility index (Phi) is 5.95. The summed E-state index contributed by atoms with van der Waals surface area (Å²) in [6.45, 7) is 4.45. The molecule has 29 heavy (non-hydrogen) atoms. The lowest BCUT2D eigenvalue weighted by Crippen LogP contribution is -2.24. The van der Waals surface area contributed by atoms with Gasteiger partial charge in [-0.05, 0) is 32.0 Å². The molecule has 0 aliphatic rings. The van der Waals surface area contributed by atoms with Gasteiger partial charge in [0.2, 0.25) is 0 Å². The highest BCUT2D eigenvalue weighted by Crippen LogP contribution is 2.27. The van der Waals surface area contributed by atoms with Gasteiger partial charge in [-0.1, -0.05) is 23.2 Å². The van der Waals surface area contributed by atoms with E-state index in [1.54, 1.807) is 6.07 Å². The van der Waals surface area contributed by atoms with Crippen LogP contribution < -0.4 is 15.8 Å². The summed E-state index contributed by atoms with van der Waals surface area (Å²) in [5.74, 6) is -0.674. The van der Waals surface area contributed by atoms with Crippen LogP contribution >= 0.6 is 23.2 Å². The van der Waals surface area contributed by atoms with Gasteiger partial charge < -0.3 is 15.3 Å². The van der Waals surface area contributed by atoms with Crippen LogP contribution in [0.1, 0.15) is 35.9 Å². The number of fused-ring (bicyclic) bond motifs is 1. The number of carbonyl (C=O) groups is 1. The Morgan fingerprint density at radius 2 is 2.03 bits per heavy atom. The summed E-state index contributed by atoms with van der Waals surface area (Å²) < 4.78 is 1.38. The van der Waals surface area contributed by atoms with E-state index in [9.17, 15) is 14.7 Å². The van der Waals surface area contributed by atoms with E-state index in [0.717, 1.165) is 0 Å². The lowest BCUT2D eigenvalue weighted by atomic mass is 10.1. The maximum atomic E-state index is 12.6. The van der Waals surface area contributed by atoms with Crippen LogP contribution in [0.3, 0.4) is 0 Å². The van der Waals surface area contributed by atoms with Crippen LogP contribution in [0.25, 0.3) is 5.65 Å². The number of hydrogen-bond acceptors (Lipinski definition) is 6. The molecule has 1 atom stereocenters. The summed E-state index contributed by atoms with van der Waals surface area (Å²) in [6, 6.07) is 5.74. The molecule has 3 aromatic heterocycles. The molecule has 0 saturated heterocycles. The summed E-state index contributed by atoms with van der Waals surface area (Å²) in [5.41, 5.74) is 0.882. The van der Waals surface area contributed by atoms with Crippen LogP contribution in [-0.2, 0) is 0 Å². The van der Waals surface area contributed by atoms with Gasteiger partial charge in [-0.3, -0.25) is 9.20 Å². The molecular formula is C19H19Cl2N5O3. The Morgan fingerprint density at radius 3 is 2.69 bits per heavy atom. The van der Waals surface area contributed by atoms with Crippen molar-refractivity contribution >= 4 is 46.3 Å². The van der Waals surface area contributed by atoms with Crippen molar-refractivity contribution in [3.05, 3.63) is 62.2 Å². The summed E-state index contributed by atoms with van der Waals surface area (Å²) in [5, 5.41) is 12.9. The highest BCUT2D eigenvalue weighted by Gasteiger charge is 2.19. The van der Waals surface area contributed by atoms with E-state index in [1.807, 2.05) is 25.8 Å². The smallest absolute Gasteiger partial charge is 0.356 e. The predicted octanol–water partition coefficient (Wildman–Crippen LogP) is 3.72. The molecule has 0 spiro atoms. The number of carboxylic acids is 1. The largest absolute Gasteiger partial charge is 0.476 e. The topological polar surface area (TPSA) is 99.8 Å². The molecule has 3 heterocycles. The van der Waals surface area contributed by atoms with E-state index in [1.165, 1.54) is 28.8 Å². The van der Waals surface area contributed by atoms with Crippen LogP contribution in [0, 0.1) is 0 Å². The van der Waals surface area contributed by atoms with Crippen molar-refractivity contribution in [2.45, 2.75) is 19.9 Å². The van der Waals surface area contributed by atoms with E-state index in [4.69, 9.17) is 23.2 Å². The van der Waals surface area contributed by atoms with Crippen molar-refractivity contribution in [1.29, 1.82) is 0 Å². The molecule has 3 rings (SSSR count). The summed E-state index contributed by atoms with van der Waals surface area (Å²) in [4.78, 5) is 34.4. The van der Waals surface area contributed by atoms with Crippen molar-refractivity contribution in [2.75, 3.05) is 23.8 Å². The number of pyridine rings is 2. The Labute approximate surface area is 176 Å². The SMILES string of the molecule is CCN(C)c1cc(=O)n2cc(Cl)cc(C(C)Nc3ccc(Cl)nc3C(=O)O)c2n1. The first-order valence-electron chi connectivity index (χ1n) is 8.81. The third-order valence-corrected chi connectivity index (χ3v) is 4.93. The van der Waals surface area contributed by atoms with Crippen LogP contribution in [0.15, 0.2) is 35.3 Å². The van der Waals surface area contributed by atoms with Crippen LogP contribution in [0.5, 0.6) is 0 Å². The normalized spacial score (nSPS) is 12.0. The lowest BCUT2D eigenvalue weighted by molar-refractivity contribution is 0.0691. The number of carboxylic acid groups (broad SMARTS) is 1. The molecule has 0 bridgehead atoms. The van der Waals surface area contributed by atoms with Crippen LogP contribution in [0.4, 0.5) is 11.5 Å². The van der Waals surface area contributed by atoms with Gasteiger partial charge in [0.1, 0.15) is 16.6 Å². The van der Waals surface area contributed by atoms with Gasteiger partial charge in [-0.2, -0.15) is 0 Å². The maximum Gasteiger partial charge on any atom is 0.356 e. The minimum Gasteiger partial charge on any atom is -0.476 e. The average molecular weight is 436 g/mol. The van der Waals surface area contributed by atoms with Crippen LogP contribution in [0.2, 0.25) is 10.2 Å². The quantitative estimate of drug-likeness (QED) is 0.568. The minimum absolute atomic E-state index is 0.0780. The molecule has 0 fully saturated rings. The zero-order valence-electron chi connectivity index (χ0n) is 16.0. The first-order chi connectivity index (χ1) is 13.7. The van der Waals surface area contributed by atoms with E-state index >= 15 is 0 Å². The molecule has 0 amide bonds. The second-order valence-corrected chi connectivity index (χ2v) is 7.30. The van der Waals surface area contributed by atoms with Gasteiger partial charge >= 0.3 is 5.97 Å². The molecule has 0 aliphatic heterocycles. The Morgan fingerprint density at radius 1 is 1.31 bits per heavy atom. The van der Waals surface area contributed by atoms with Crippen molar-refractivity contribution in [1.82, 2.24) is 14.4 Å². The molecule has 3 aromatic rings. The summed E-state index contributed by atoms with van der Waals surface area (Å²) in [7, 11) is 1.84. The second kappa shape index (κ2) is 8.26. The van der Waals surface area contributed by atoms with Crippen molar-refractivity contribution < 1.29 is 9.90 Å². The van der Waals surface area contributed by atoms with E-state index in [2.05, 4.69) is 15.3 Å². The number of hydrogen-bond donors (Lipinski definition) is 2. The highest BCUT2D eigenvalue weighted by molar-refractivity contribution is 6.30. The van der Waals surface area contributed by atoms with Gasteiger partial charge in [0.25, 0.3) is 5.56 Å². The van der Waals surface area contributed by atoms with Gasteiger partial charge in [0.05, 0.1) is 16.8 Å². The zero-order chi connectivity index (χ0) is 21.3. The van der Waals surface area contributed by atoms with E-state index in [-0.39, 0.29) is 22.1 Å². The fourth-order valence-electron chi connectivity index (χ4n) is 2.88. The van der Waals surface area contributed by atoms with Gasteiger partial charge in [0.15, 0.2) is 5.69 Å². The molecule has 0 saturated carbocycles. The molecule has 0 aromatic carbocycles. The lowest BCUT2D eigenvalue weighted by Gasteiger charge is -2.21. The number of aromatic nitrogens is 3. The monoisotopic (exact) mass is 435 g/mol. The predicted molar refractivity (Wildman–Crippen MR) is 114 cm³/mol.